The zero-order chi connectivity index (χ0) is 26.0. The molecule has 8 nitrogen and oxygen atoms in total. The number of aromatic nitrogens is 1. The van der Waals surface area contributed by atoms with Crippen molar-refractivity contribution < 1.29 is 27.6 Å². The van der Waals surface area contributed by atoms with E-state index >= 15 is 0 Å². The van der Waals surface area contributed by atoms with Crippen LogP contribution >= 0.6 is 27.5 Å². The highest BCUT2D eigenvalue weighted by molar-refractivity contribution is 9.10. The molecule has 2 heterocycles. The summed E-state index contributed by atoms with van der Waals surface area (Å²) in [6.07, 6.45) is -2.10. The lowest BCUT2D eigenvalue weighted by Gasteiger charge is -2.22. The number of benzene rings is 2. The van der Waals surface area contributed by atoms with Crippen molar-refractivity contribution in [2.75, 3.05) is 23.3 Å². The lowest BCUT2D eigenvalue weighted by atomic mass is 10.1. The van der Waals surface area contributed by atoms with Crippen molar-refractivity contribution in [2.24, 2.45) is 0 Å². The number of nitro groups is 1. The van der Waals surface area contributed by atoms with E-state index in [9.17, 15) is 28.1 Å². The number of ether oxygens (including phenoxy) is 1. The van der Waals surface area contributed by atoms with Gasteiger partial charge in [0.1, 0.15) is 5.02 Å². The number of anilines is 2. The Hall–Kier alpha value is -3.38. The number of carbonyl (C=O) groups excluding carboxylic acids is 1. The van der Waals surface area contributed by atoms with Gasteiger partial charge in [-0.1, -0.05) is 11.6 Å². The lowest BCUT2D eigenvalue weighted by Crippen LogP contribution is -2.19. The number of non-ortho nitro benzene ring substituents is 1. The van der Waals surface area contributed by atoms with E-state index in [1.165, 1.54) is 18.2 Å². The Bertz CT molecular complexity index is 1330. The van der Waals surface area contributed by atoms with E-state index < -0.39 is 22.6 Å². The zero-order valence-electron chi connectivity index (χ0n) is 18.3. The van der Waals surface area contributed by atoms with Crippen LogP contribution in [0.4, 0.5) is 30.2 Å². The molecule has 0 atom stereocenters. The molecule has 1 aliphatic heterocycles. The fourth-order valence-electron chi connectivity index (χ4n) is 3.65. The van der Waals surface area contributed by atoms with E-state index in [1.54, 1.807) is 12.1 Å². The summed E-state index contributed by atoms with van der Waals surface area (Å²) in [6, 6.07) is 9.33. The zero-order valence-corrected chi connectivity index (χ0v) is 20.7. The molecule has 0 aliphatic carbocycles. The molecule has 1 aromatic heterocycles. The van der Waals surface area contributed by atoms with Crippen molar-refractivity contribution in [2.45, 2.75) is 19.0 Å². The van der Waals surface area contributed by atoms with Gasteiger partial charge >= 0.3 is 6.18 Å². The predicted octanol–water partition coefficient (Wildman–Crippen LogP) is 7.07. The summed E-state index contributed by atoms with van der Waals surface area (Å²) in [6.45, 7) is 1.41. The Morgan fingerprint density at radius 3 is 2.53 bits per heavy atom. The van der Waals surface area contributed by atoms with Gasteiger partial charge < -0.3 is 15.0 Å². The fourth-order valence-corrected chi connectivity index (χ4v) is 4.28. The number of amides is 1. The minimum Gasteiger partial charge on any atom is -0.435 e. The number of rotatable bonds is 6. The van der Waals surface area contributed by atoms with E-state index in [0.717, 1.165) is 25.0 Å². The van der Waals surface area contributed by atoms with Crippen LogP contribution in [-0.4, -0.2) is 28.9 Å². The van der Waals surface area contributed by atoms with E-state index in [4.69, 9.17) is 16.3 Å². The molecule has 1 fully saturated rings. The van der Waals surface area contributed by atoms with Gasteiger partial charge in [0.15, 0.2) is 5.75 Å². The first-order valence-electron chi connectivity index (χ1n) is 10.6. The standard InChI is InChI=1S/C23H17BrClF3N4O4/c24-17-5-4-15(32(34)35)11-16(17)21(33)30-14-3-6-20(19(10-14)31-7-1-2-8-31)36-22-18(25)9-13(12-29-22)23(26,27)28/h3-6,9-12H,1-2,7-8H2,(H,30,33). The number of hydrogen-bond acceptors (Lipinski definition) is 6. The van der Waals surface area contributed by atoms with E-state index in [1.807, 2.05) is 4.90 Å². The molecule has 0 bridgehead atoms. The van der Waals surface area contributed by atoms with Crippen molar-refractivity contribution >= 4 is 50.5 Å². The number of nitrogens with one attached hydrogen (secondary N) is 1. The highest BCUT2D eigenvalue weighted by Gasteiger charge is 2.32. The Morgan fingerprint density at radius 1 is 1.17 bits per heavy atom. The molecule has 1 saturated heterocycles. The summed E-state index contributed by atoms with van der Waals surface area (Å²) in [4.78, 5) is 29.1. The summed E-state index contributed by atoms with van der Waals surface area (Å²) in [5.41, 5.74) is -0.177. The first-order valence-corrected chi connectivity index (χ1v) is 11.7. The van der Waals surface area contributed by atoms with Crippen LogP contribution in [0.25, 0.3) is 0 Å². The van der Waals surface area contributed by atoms with Crippen LogP contribution in [0.15, 0.2) is 53.1 Å². The average molecular weight is 586 g/mol. The third kappa shape index (κ3) is 5.71. The van der Waals surface area contributed by atoms with Crippen LogP contribution in [0, 0.1) is 10.1 Å². The van der Waals surface area contributed by atoms with Gasteiger partial charge in [0.2, 0.25) is 5.88 Å². The molecular weight excluding hydrogens is 569 g/mol. The van der Waals surface area contributed by atoms with Gasteiger partial charge in [-0.25, -0.2) is 4.98 Å². The molecule has 1 aliphatic rings. The van der Waals surface area contributed by atoms with Gasteiger partial charge in [0.25, 0.3) is 11.6 Å². The number of halogens is 5. The normalized spacial score (nSPS) is 13.5. The minimum absolute atomic E-state index is 0.0768. The summed E-state index contributed by atoms with van der Waals surface area (Å²) in [5.74, 6) is -0.470. The van der Waals surface area contributed by atoms with Gasteiger partial charge in [-0.05, 0) is 59.1 Å². The number of pyridine rings is 1. The highest BCUT2D eigenvalue weighted by atomic mass is 79.9. The third-order valence-corrected chi connectivity index (χ3v) is 6.37. The molecule has 3 aromatic rings. The van der Waals surface area contributed by atoms with E-state index in [-0.39, 0.29) is 22.2 Å². The molecule has 0 saturated carbocycles. The first-order chi connectivity index (χ1) is 17.0. The molecule has 36 heavy (non-hydrogen) atoms. The smallest absolute Gasteiger partial charge is 0.417 e. The maximum atomic E-state index is 12.9. The van der Waals surface area contributed by atoms with Crippen LogP contribution in [0.5, 0.6) is 11.6 Å². The maximum Gasteiger partial charge on any atom is 0.417 e. The molecule has 0 spiro atoms. The Kier molecular flexibility index (Phi) is 7.36. The number of nitrogens with zero attached hydrogens (tertiary/aromatic N) is 3. The van der Waals surface area contributed by atoms with Crippen LogP contribution in [-0.2, 0) is 6.18 Å². The number of nitro benzene ring substituents is 1. The second kappa shape index (κ2) is 10.3. The summed E-state index contributed by atoms with van der Waals surface area (Å²) in [5, 5.41) is 13.5. The fraction of sp³-hybridized carbons (Fsp3) is 0.217. The van der Waals surface area contributed by atoms with Crippen LogP contribution < -0.4 is 15.0 Å². The van der Waals surface area contributed by atoms with Crippen molar-refractivity contribution in [1.29, 1.82) is 0 Å². The highest BCUT2D eigenvalue weighted by Crippen LogP contribution is 2.39. The Morgan fingerprint density at radius 2 is 1.89 bits per heavy atom. The van der Waals surface area contributed by atoms with E-state index in [2.05, 4.69) is 26.2 Å². The molecular formula is C23H17BrClF3N4O4. The molecule has 13 heteroatoms. The van der Waals surface area contributed by atoms with Crippen LogP contribution in [0.3, 0.4) is 0 Å². The monoisotopic (exact) mass is 584 g/mol. The van der Waals surface area contributed by atoms with Gasteiger partial charge in [-0.3, -0.25) is 14.9 Å². The largest absolute Gasteiger partial charge is 0.435 e. The molecule has 0 unspecified atom stereocenters. The summed E-state index contributed by atoms with van der Waals surface area (Å²) < 4.78 is 45.0. The maximum absolute atomic E-state index is 12.9. The van der Waals surface area contributed by atoms with E-state index in [0.29, 0.717) is 40.9 Å². The Balaban J connectivity index is 1.63. The Labute approximate surface area is 216 Å². The predicted molar refractivity (Wildman–Crippen MR) is 131 cm³/mol. The minimum atomic E-state index is -4.59. The molecule has 4 rings (SSSR count). The quantitative estimate of drug-likeness (QED) is 0.245. The molecule has 188 valence electrons. The molecule has 2 aromatic carbocycles. The van der Waals surface area contributed by atoms with Crippen molar-refractivity contribution in [1.82, 2.24) is 4.98 Å². The lowest BCUT2D eigenvalue weighted by molar-refractivity contribution is -0.384. The second-order valence-electron chi connectivity index (χ2n) is 7.86. The SMILES string of the molecule is O=C(Nc1ccc(Oc2ncc(C(F)(F)F)cc2Cl)c(N2CCCC2)c1)c1cc([N+](=O)[O-])ccc1Br. The molecule has 1 amide bonds. The van der Waals surface area contributed by atoms with Crippen molar-refractivity contribution in [3.63, 3.8) is 0 Å². The summed E-state index contributed by atoms with van der Waals surface area (Å²) in [7, 11) is 0. The molecule has 1 N–H and O–H groups in total. The number of alkyl halides is 3. The van der Waals surface area contributed by atoms with Crippen molar-refractivity contribution in [3.05, 3.63) is 79.4 Å². The number of hydrogen-bond donors (Lipinski definition) is 1. The first kappa shape index (κ1) is 25.7. The van der Waals surface area contributed by atoms with Gasteiger partial charge in [-0.2, -0.15) is 13.2 Å². The number of carbonyl (C=O) groups is 1. The topological polar surface area (TPSA) is 97.6 Å². The van der Waals surface area contributed by atoms with Gasteiger partial charge in [0, 0.05) is 41.6 Å². The third-order valence-electron chi connectivity index (χ3n) is 5.41. The van der Waals surface area contributed by atoms with Crippen molar-refractivity contribution in [3.8, 4) is 11.6 Å². The van der Waals surface area contributed by atoms with Gasteiger partial charge in [0.05, 0.1) is 21.7 Å². The molecule has 0 radical (unpaired) electrons. The summed E-state index contributed by atoms with van der Waals surface area (Å²) >= 11 is 9.24. The second-order valence-corrected chi connectivity index (χ2v) is 9.12. The van der Waals surface area contributed by atoms with Crippen LogP contribution in [0.1, 0.15) is 28.8 Å². The van der Waals surface area contributed by atoms with Gasteiger partial charge in [-0.15, -0.1) is 0 Å². The average Bonchev–Trinajstić information content (AvgIpc) is 3.35. The van der Waals surface area contributed by atoms with Crippen LogP contribution in [0.2, 0.25) is 5.02 Å².